The number of nitrogens with zero attached hydrogens (tertiary/aromatic N) is 1. The van der Waals surface area contributed by atoms with E-state index in [1.807, 2.05) is 11.8 Å². The minimum atomic E-state index is -0.416. The maximum atomic E-state index is 11.7. The SMILES string of the molecule is COC(=O)c1cc(N)cnc1NC1CCCSC1. The van der Waals surface area contributed by atoms with Gasteiger partial charge in [-0.1, -0.05) is 0 Å². The smallest absolute Gasteiger partial charge is 0.341 e. The number of hydrogen-bond donors (Lipinski definition) is 2. The third kappa shape index (κ3) is 3.07. The Balaban J connectivity index is 2.17. The molecule has 5 nitrogen and oxygen atoms in total. The van der Waals surface area contributed by atoms with Crippen molar-refractivity contribution in [3.63, 3.8) is 0 Å². The fraction of sp³-hybridized carbons (Fsp3) is 0.500. The minimum Gasteiger partial charge on any atom is -0.465 e. The van der Waals surface area contributed by atoms with Crippen LogP contribution in [-0.4, -0.2) is 35.6 Å². The summed E-state index contributed by atoms with van der Waals surface area (Å²) >= 11 is 1.91. The zero-order valence-corrected chi connectivity index (χ0v) is 11.1. The molecule has 1 aliphatic rings. The minimum absolute atomic E-state index is 0.350. The molecule has 1 fully saturated rings. The molecule has 1 atom stereocenters. The summed E-state index contributed by atoms with van der Waals surface area (Å²) in [6, 6.07) is 1.94. The maximum Gasteiger partial charge on any atom is 0.341 e. The summed E-state index contributed by atoms with van der Waals surface area (Å²) in [6.45, 7) is 0. The third-order valence-corrected chi connectivity index (χ3v) is 4.03. The van der Waals surface area contributed by atoms with Gasteiger partial charge in [0.2, 0.25) is 0 Å². The van der Waals surface area contributed by atoms with Crippen LogP contribution >= 0.6 is 11.8 Å². The Morgan fingerprint density at radius 2 is 2.50 bits per heavy atom. The topological polar surface area (TPSA) is 77.2 Å². The van der Waals surface area contributed by atoms with Crippen LogP contribution in [0.4, 0.5) is 11.5 Å². The van der Waals surface area contributed by atoms with Crippen molar-refractivity contribution < 1.29 is 9.53 Å². The second kappa shape index (κ2) is 5.95. The normalized spacial score (nSPS) is 19.3. The Morgan fingerprint density at radius 3 is 3.17 bits per heavy atom. The van der Waals surface area contributed by atoms with E-state index in [0.717, 1.165) is 12.2 Å². The van der Waals surface area contributed by atoms with Crippen LogP contribution in [0.5, 0.6) is 0 Å². The zero-order chi connectivity index (χ0) is 13.0. The van der Waals surface area contributed by atoms with Crippen LogP contribution in [0.3, 0.4) is 0 Å². The molecule has 1 unspecified atom stereocenters. The third-order valence-electron chi connectivity index (χ3n) is 2.82. The summed E-state index contributed by atoms with van der Waals surface area (Å²) in [5, 5.41) is 3.30. The number of pyridine rings is 1. The second-order valence-corrected chi connectivity index (χ2v) is 5.36. The molecular weight excluding hydrogens is 250 g/mol. The Kier molecular flexibility index (Phi) is 4.30. The molecule has 0 amide bonds. The predicted molar refractivity (Wildman–Crippen MR) is 74.0 cm³/mol. The lowest BCUT2D eigenvalue weighted by Crippen LogP contribution is -2.27. The quantitative estimate of drug-likeness (QED) is 0.813. The molecule has 2 rings (SSSR count). The average Bonchev–Trinajstić information content (AvgIpc) is 2.41. The summed E-state index contributed by atoms with van der Waals surface area (Å²) < 4.78 is 4.74. The molecule has 0 spiro atoms. The lowest BCUT2D eigenvalue weighted by Gasteiger charge is -2.23. The van der Waals surface area contributed by atoms with Crippen LogP contribution in [0.15, 0.2) is 12.3 Å². The van der Waals surface area contributed by atoms with E-state index in [1.54, 1.807) is 12.3 Å². The molecule has 2 heterocycles. The molecule has 0 radical (unpaired) electrons. The van der Waals surface area contributed by atoms with E-state index in [4.69, 9.17) is 10.5 Å². The van der Waals surface area contributed by atoms with Gasteiger partial charge in [-0.15, -0.1) is 0 Å². The van der Waals surface area contributed by atoms with Gasteiger partial charge in [-0.05, 0) is 24.7 Å². The molecule has 0 bridgehead atoms. The first-order valence-corrected chi connectivity index (χ1v) is 7.04. The summed E-state index contributed by atoms with van der Waals surface area (Å²) in [5.74, 6) is 2.38. The average molecular weight is 267 g/mol. The highest BCUT2D eigenvalue weighted by Crippen LogP contribution is 2.23. The van der Waals surface area contributed by atoms with Gasteiger partial charge in [-0.3, -0.25) is 0 Å². The van der Waals surface area contributed by atoms with Crippen molar-refractivity contribution in [3.8, 4) is 0 Å². The number of nitrogens with one attached hydrogen (secondary N) is 1. The van der Waals surface area contributed by atoms with Crippen molar-refractivity contribution in [2.45, 2.75) is 18.9 Å². The van der Waals surface area contributed by atoms with Crippen LogP contribution in [0.2, 0.25) is 0 Å². The predicted octanol–water partition coefficient (Wildman–Crippen LogP) is 1.76. The van der Waals surface area contributed by atoms with Crippen molar-refractivity contribution in [2.24, 2.45) is 0 Å². The Morgan fingerprint density at radius 1 is 1.67 bits per heavy atom. The highest BCUT2D eigenvalue weighted by atomic mass is 32.2. The van der Waals surface area contributed by atoms with Gasteiger partial charge >= 0.3 is 5.97 Å². The number of methoxy groups -OCH3 is 1. The van der Waals surface area contributed by atoms with Crippen LogP contribution < -0.4 is 11.1 Å². The number of aromatic nitrogens is 1. The van der Waals surface area contributed by atoms with Gasteiger partial charge in [0.25, 0.3) is 0 Å². The van der Waals surface area contributed by atoms with Gasteiger partial charge in [0.1, 0.15) is 11.4 Å². The van der Waals surface area contributed by atoms with E-state index in [-0.39, 0.29) is 0 Å². The highest BCUT2D eigenvalue weighted by molar-refractivity contribution is 7.99. The standard InChI is InChI=1S/C12H17N3O2S/c1-17-12(16)10-5-8(13)6-14-11(10)15-9-3-2-4-18-7-9/h5-6,9H,2-4,7,13H2,1H3,(H,14,15). The van der Waals surface area contributed by atoms with Crippen molar-refractivity contribution in [1.82, 2.24) is 4.98 Å². The summed E-state index contributed by atoms with van der Waals surface area (Å²) in [4.78, 5) is 15.9. The number of nitrogens with two attached hydrogens (primary N) is 1. The van der Waals surface area contributed by atoms with Gasteiger partial charge < -0.3 is 15.8 Å². The lowest BCUT2D eigenvalue weighted by atomic mass is 10.1. The number of carbonyl (C=O) groups excluding carboxylic acids is 1. The van der Waals surface area contributed by atoms with Crippen molar-refractivity contribution >= 4 is 29.2 Å². The highest BCUT2D eigenvalue weighted by Gasteiger charge is 2.19. The summed E-state index contributed by atoms with van der Waals surface area (Å²) in [5.41, 5.74) is 6.50. The number of hydrogen-bond acceptors (Lipinski definition) is 6. The van der Waals surface area contributed by atoms with E-state index in [1.165, 1.54) is 19.3 Å². The molecular formula is C12H17N3O2S. The molecule has 1 aliphatic heterocycles. The summed E-state index contributed by atoms with van der Waals surface area (Å²) in [6.07, 6.45) is 3.83. The monoisotopic (exact) mass is 267 g/mol. The van der Waals surface area contributed by atoms with Gasteiger partial charge in [0.15, 0.2) is 0 Å². The molecule has 1 saturated heterocycles. The fourth-order valence-corrected chi connectivity index (χ4v) is 2.98. The molecule has 98 valence electrons. The Bertz CT molecular complexity index is 433. The number of nitrogen functional groups attached to an aromatic ring is 1. The number of carbonyl (C=O) groups is 1. The van der Waals surface area contributed by atoms with Crippen molar-refractivity contribution in [1.29, 1.82) is 0 Å². The number of thioether (sulfide) groups is 1. The molecule has 1 aromatic heterocycles. The summed E-state index contributed by atoms with van der Waals surface area (Å²) in [7, 11) is 1.35. The van der Waals surface area contributed by atoms with Crippen LogP contribution in [0.25, 0.3) is 0 Å². The number of esters is 1. The maximum absolute atomic E-state index is 11.7. The molecule has 0 aliphatic carbocycles. The van der Waals surface area contributed by atoms with E-state index in [9.17, 15) is 4.79 Å². The van der Waals surface area contributed by atoms with Gasteiger partial charge in [0.05, 0.1) is 19.0 Å². The van der Waals surface area contributed by atoms with Crippen molar-refractivity contribution in [3.05, 3.63) is 17.8 Å². The molecule has 3 N–H and O–H groups in total. The van der Waals surface area contributed by atoms with E-state index < -0.39 is 5.97 Å². The number of rotatable bonds is 3. The zero-order valence-electron chi connectivity index (χ0n) is 10.3. The first kappa shape index (κ1) is 13.0. The van der Waals surface area contributed by atoms with Crippen LogP contribution in [0.1, 0.15) is 23.2 Å². The first-order chi connectivity index (χ1) is 8.70. The van der Waals surface area contributed by atoms with Crippen LogP contribution in [0, 0.1) is 0 Å². The van der Waals surface area contributed by atoms with Crippen LogP contribution in [-0.2, 0) is 4.74 Å². The molecule has 6 heteroatoms. The van der Waals surface area contributed by atoms with Gasteiger partial charge in [-0.25, -0.2) is 9.78 Å². The molecule has 0 saturated carbocycles. The number of ether oxygens (including phenoxy) is 1. The van der Waals surface area contributed by atoms with Gasteiger partial charge in [0, 0.05) is 11.8 Å². The van der Waals surface area contributed by atoms with Gasteiger partial charge in [-0.2, -0.15) is 11.8 Å². The lowest BCUT2D eigenvalue weighted by molar-refractivity contribution is 0.0601. The van der Waals surface area contributed by atoms with E-state index >= 15 is 0 Å². The van der Waals surface area contributed by atoms with E-state index in [0.29, 0.717) is 23.1 Å². The largest absolute Gasteiger partial charge is 0.465 e. The Hall–Kier alpha value is -1.43. The second-order valence-electron chi connectivity index (χ2n) is 4.21. The number of anilines is 2. The fourth-order valence-electron chi connectivity index (χ4n) is 1.91. The van der Waals surface area contributed by atoms with Crippen molar-refractivity contribution in [2.75, 3.05) is 29.7 Å². The molecule has 18 heavy (non-hydrogen) atoms. The molecule has 1 aromatic rings. The Labute approximate surface area is 110 Å². The molecule has 0 aromatic carbocycles. The van der Waals surface area contributed by atoms with E-state index in [2.05, 4.69) is 10.3 Å². The first-order valence-electron chi connectivity index (χ1n) is 5.89.